The third-order valence-corrected chi connectivity index (χ3v) is 9.28. The van der Waals surface area contributed by atoms with Gasteiger partial charge in [-0.25, -0.2) is 8.42 Å². The van der Waals surface area contributed by atoms with Crippen molar-refractivity contribution in [3.8, 4) is 11.5 Å². The van der Waals surface area contributed by atoms with Crippen LogP contribution in [-0.4, -0.2) is 58.0 Å². The van der Waals surface area contributed by atoms with E-state index in [0.29, 0.717) is 27.8 Å². The summed E-state index contributed by atoms with van der Waals surface area (Å²) in [5.74, 6) is -0.394. The molecular weight excluding hydrogens is 601 g/mol. The molecule has 0 aliphatic carbocycles. The van der Waals surface area contributed by atoms with Gasteiger partial charge in [0.2, 0.25) is 11.8 Å². The lowest BCUT2D eigenvalue weighted by Gasteiger charge is -2.32. The minimum absolute atomic E-state index is 0.0101. The van der Waals surface area contributed by atoms with Crippen LogP contribution in [0, 0.1) is 0 Å². The highest BCUT2D eigenvalue weighted by atomic mass is 35.5. The Morgan fingerprint density at radius 1 is 0.905 bits per heavy atom. The highest BCUT2D eigenvalue weighted by molar-refractivity contribution is 7.92. The second-order valence-corrected chi connectivity index (χ2v) is 12.3. The van der Waals surface area contributed by atoms with Crippen molar-refractivity contribution in [3.05, 3.63) is 82.3 Å². The molecule has 0 heterocycles. The Hall–Kier alpha value is -3.47. The van der Waals surface area contributed by atoms with Crippen LogP contribution in [0.2, 0.25) is 10.0 Å². The number of halogens is 2. The molecule has 0 bridgehead atoms. The van der Waals surface area contributed by atoms with E-state index in [9.17, 15) is 18.0 Å². The van der Waals surface area contributed by atoms with Gasteiger partial charge in [0.25, 0.3) is 10.0 Å². The lowest BCUT2D eigenvalue weighted by Crippen LogP contribution is -2.52. The number of sulfonamides is 1. The van der Waals surface area contributed by atoms with Gasteiger partial charge in [0.15, 0.2) is 11.5 Å². The maximum absolute atomic E-state index is 14.0. The summed E-state index contributed by atoms with van der Waals surface area (Å²) < 4.78 is 39.6. The average Bonchev–Trinajstić information content (AvgIpc) is 2.99. The maximum Gasteiger partial charge on any atom is 0.264 e. The highest BCUT2D eigenvalue weighted by Gasteiger charge is 2.33. The topological polar surface area (TPSA) is 105 Å². The molecule has 12 heteroatoms. The van der Waals surface area contributed by atoms with E-state index in [1.54, 1.807) is 55.5 Å². The van der Waals surface area contributed by atoms with Gasteiger partial charge in [0.1, 0.15) is 12.6 Å². The van der Waals surface area contributed by atoms with Crippen LogP contribution in [0.1, 0.15) is 32.8 Å². The second-order valence-electron chi connectivity index (χ2n) is 9.63. The first kappa shape index (κ1) is 33.0. The molecule has 3 rings (SSSR count). The zero-order valence-electron chi connectivity index (χ0n) is 24.1. The van der Waals surface area contributed by atoms with E-state index in [4.69, 9.17) is 32.7 Å². The van der Waals surface area contributed by atoms with Gasteiger partial charge in [-0.05, 0) is 62.2 Å². The summed E-state index contributed by atoms with van der Waals surface area (Å²) in [5, 5.41) is 3.53. The van der Waals surface area contributed by atoms with Crippen molar-refractivity contribution >= 4 is 50.7 Å². The van der Waals surface area contributed by atoms with E-state index >= 15 is 0 Å². The van der Waals surface area contributed by atoms with Gasteiger partial charge in [-0.15, -0.1) is 0 Å². The number of hydrogen-bond donors (Lipinski definition) is 1. The molecule has 3 aromatic rings. The van der Waals surface area contributed by atoms with E-state index in [-0.39, 0.29) is 34.8 Å². The first-order valence-corrected chi connectivity index (χ1v) is 15.5. The molecule has 1 N–H and O–H groups in total. The van der Waals surface area contributed by atoms with Gasteiger partial charge in [0.05, 0.1) is 34.8 Å². The van der Waals surface area contributed by atoms with E-state index in [1.807, 2.05) is 13.8 Å². The minimum atomic E-state index is -4.28. The smallest absolute Gasteiger partial charge is 0.264 e. The van der Waals surface area contributed by atoms with Gasteiger partial charge in [-0.2, -0.15) is 0 Å². The zero-order valence-corrected chi connectivity index (χ0v) is 26.5. The third kappa shape index (κ3) is 7.87. The summed E-state index contributed by atoms with van der Waals surface area (Å²) in [6, 6.07) is 16.3. The summed E-state index contributed by atoms with van der Waals surface area (Å²) in [7, 11) is -1.43. The number of nitrogens with zero attached hydrogens (tertiary/aromatic N) is 2. The number of methoxy groups -OCH3 is 2. The normalized spacial score (nSPS) is 12.6. The number of amides is 2. The van der Waals surface area contributed by atoms with Crippen LogP contribution in [0.15, 0.2) is 71.6 Å². The van der Waals surface area contributed by atoms with E-state index in [2.05, 4.69) is 5.32 Å². The highest BCUT2D eigenvalue weighted by Crippen LogP contribution is 2.32. The fourth-order valence-electron chi connectivity index (χ4n) is 4.11. The molecular formula is C30H35Cl2N3O6S. The van der Waals surface area contributed by atoms with E-state index < -0.39 is 28.5 Å². The van der Waals surface area contributed by atoms with Crippen molar-refractivity contribution in [1.29, 1.82) is 0 Å². The fraction of sp³-hybridized carbons (Fsp3) is 0.333. The maximum atomic E-state index is 14.0. The number of para-hydroxylation sites is 1. The first-order chi connectivity index (χ1) is 19.9. The largest absolute Gasteiger partial charge is 0.493 e. The number of rotatable bonds is 13. The summed E-state index contributed by atoms with van der Waals surface area (Å²) in [6.45, 7) is 4.81. The average molecular weight is 637 g/mol. The molecule has 0 aliphatic rings. The predicted molar refractivity (Wildman–Crippen MR) is 165 cm³/mol. The molecule has 0 saturated carbocycles. The van der Waals surface area contributed by atoms with Gasteiger partial charge >= 0.3 is 0 Å². The SMILES string of the molecule is CC[C@@H](C)NC(=O)[C@@H](C)N(Cc1ccc(Cl)c(Cl)c1)C(=O)CN(c1ccccc1)S(=O)(=O)c1ccc(OC)c(OC)c1. The van der Waals surface area contributed by atoms with Crippen molar-refractivity contribution in [2.75, 3.05) is 25.1 Å². The van der Waals surface area contributed by atoms with Crippen LogP contribution in [0.25, 0.3) is 0 Å². The Morgan fingerprint density at radius 2 is 1.57 bits per heavy atom. The quantitative estimate of drug-likeness (QED) is 0.264. The summed E-state index contributed by atoms with van der Waals surface area (Å²) in [4.78, 5) is 28.4. The lowest BCUT2D eigenvalue weighted by atomic mass is 10.1. The number of ether oxygens (including phenoxy) is 2. The number of benzene rings is 3. The first-order valence-electron chi connectivity index (χ1n) is 13.3. The molecule has 226 valence electrons. The Labute approximate surface area is 257 Å². The molecule has 2 amide bonds. The van der Waals surface area contributed by atoms with Gasteiger partial charge < -0.3 is 19.7 Å². The molecule has 3 aromatic carbocycles. The Bertz CT molecular complexity index is 1500. The Kier molecular flexibility index (Phi) is 11.5. The van der Waals surface area contributed by atoms with Crippen molar-refractivity contribution in [2.45, 2.75) is 50.7 Å². The monoisotopic (exact) mass is 635 g/mol. The number of hydrogen-bond acceptors (Lipinski definition) is 6. The minimum Gasteiger partial charge on any atom is -0.493 e. The van der Waals surface area contributed by atoms with Gasteiger partial charge in [-0.1, -0.05) is 54.4 Å². The van der Waals surface area contributed by atoms with Crippen LogP contribution >= 0.6 is 23.2 Å². The molecule has 2 atom stereocenters. The molecule has 0 aromatic heterocycles. The van der Waals surface area contributed by atoms with Crippen LogP contribution in [0.5, 0.6) is 11.5 Å². The molecule has 0 saturated heterocycles. The molecule has 0 fully saturated rings. The molecule has 42 heavy (non-hydrogen) atoms. The molecule has 0 unspecified atom stereocenters. The van der Waals surface area contributed by atoms with Crippen LogP contribution < -0.4 is 19.1 Å². The molecule has 0 aliphatic heterocycles. The number of carbonyl (C=O) groups excluding carboxylic acids is 2. The van der Waals surface area contributed by atoms with Crippen LogP contribution in [0.3, 0.4) is 0 Å². The Morgan fingerprint density at radius 3 is 2.17 bits per heavy atom. The molecule has 0 spiro atoms. The Balaban J connectivity index is 2.05. The van der Waals surface area contributed by atoms with Crippen molar-refractivity contribution < 1.29 is 27.5 Å². The fourth-order valence-corrected chi connectivity index (χ4v) is 5.86. The number of nitrogens with one attached hydrogen (secondary N) is 1. The number of carbonyl (C=O) groups is 2. The summed E-state index contributed by atoms with van der Waals surface area (Å²) in [5.41, 5.74) is 0.891. The predicted octanol–water partition coefficient (Wildman–Crippen LogP) is 5.54. The molecule has 0 radical (unpaired) electrons. The van der Waals surface area contributed by atoms with Gasteiger partial charge in [0, 0.05) is 18.7 Å². The van der Waals surface area contributed by atoms with Crippen molar-refractivity contribution in [3.63, 3.8) is 0 Å². The zero-order chi connectivity index (χ0) is 31.0. The van der Waals surface area contributed by atoms with Crippen molar-refractivity contribution in [1.82, 2.24) is 10.2 Å². The van der Waals surface area contributed by atoms with E-state index in [1.165, 1.54) is 37.3 Å². The van der Waals surface area contributed by atoms with Crippen molar-refractivity contribution in [2.24, 2.45) is 0 Å². The van der Waals surface area contributed by atoms with Crippen LogP contribution in [-0.2, 0) is 26.2 Å². The molecule has 9 nitrogen and oxygen atoms in total. The second kappa shape index (κ2) is 14.6. The van der Waals surface area contributed by atoms with E-state index in [0.717, 1.165) is 4.31 Å². The third-order valence-electron chi connectivity index (χ3n) is 6.77. The standard InChI is InChI=1S/C30H35Cl2N3O6S/c1-6-20(2)33-30(37)21(3)34(18-22-12-14-25(31)26(32)16-22)29(36)19-35(23-10-8-7-9-11-23)42(38,39)24-13-15-27(40-4)28(17-24)41-5/h7-17,20-21H,6,18-19H2,1-5H3,(H,33,37)/t20-,21-/m1/s1. The lowest BCUT2D eigenvalue weighted by molar-refractivity contribution is -0.139. The van der Waals surface area contributed by atoms with Gasteiger partial charge in [-0.3, -0.25) is 13.9 Å². The number of anilines is 1. The summed E-state index contributed by atoms with van der Waals surface area (Å²) >= 11 is 12.3. The summed E-state index contributed by atoms with van der Waals surface area (Å²) in [6.07, 6.45) is 0.699. The van der Waals surface area contributed by atoms with Crippen LogP contribution in [0.4, 0.5) is 5.69 Å².